The van der Waals surface area contributed by atoms with Gasteiger partial charge in [-0.05, 0) is 54.1 Å². The Balaban J connectivity index is 1.63. The van der Waals surface area contributed by atoms with Crippen LogP contribution in [0, 0.1) is 5.82 Å². The van der Waals surface area contributed by atoms with Crippen LogP contribution < -0.4 is 5.32 Å². The van der Waals surface area contributed by atoms with Crippen LogP contribution in [-0.4, -0.2) is 29.8 Å². The number of fused-ring (bicyclic) bond motifs is 1. The van der Waals surface area contributed by atoms with Crippen LogP contribution >= 0.6 is 11.3 Å². The van der Waals surface area contributed by atoms with Crippen LogP contribution in [0.5, 0.6) is 0 Å². The van der Waals surface area contributed by atoms with E-state index in [4.69, 9.17) is 0 Å². The molecule has 0 fully saturated rings. The van der Waals surface area contributed by atoms with Crippen LogP contribution in [0.1, 0.15) is 40.2 Å². The lowest BCUT2D eigenvalue weighted by molar-refractivity contribution is -0.133. The largest absolute Gasteiger partial charge is 0.343 e. The van der Waals surface area contributed by atoms with Gasteiger partial charge in [-0.1, -0.05) is 6.92 Å². The summed E-state index contributed by atoms with van der Waals surface area (Å²) in [5.41, 5.74) is 1.57. The molecule has 1 aliphatic heterocycles. The number of benzene rings is 1. The number of amides is 2. The minimum atomic E-state index is -0.395. The van der Waals surface area contributed by atoms with Gasteiger partial charge in [0.15, 0.2) is 0 Å². The van der Waals surface area contributed by atoms with E-state index in [9.17, 15) is 14.0 Å². The van der Waals surface area contributed by atoms with E-state index < -0.39 is 5.82 Å². The van der Waals surface area contributed by atoms with Crippen molar-refractivity contribution in [1.82, 2.24) is 10.2 Å². The molecule has 0 saturated carbocycles. The normalized spacial score (nSPS) is 16.6. The van der Waals surface area contributed by atoms with Crippen LogP contribution in [0.15, 0.2) is 35.7 Å². The average Bonchev–Trinajstić information content (AvgIpc) is 3.07. The molecule has 0 radical (unpaired) electrons. The van der Waals surface area contributed by atoms with Crippen molar-refractivity contribution in [2.24, 2.45) is 0 Å². The molecule has 0 aliphatic carbocycles. The number of halogens is 1. The van der Waals surface area contributed by atoms with E-state index in [1.807, 2.05) is 4.90 Å². The number of carbonyl (C=O) groups excluding carboxylic acids is 2. The lowest BCUT2D eigenvalue weighted by Crippen LogP contribution is -2.44. The summed E-state index contributed by atoms with van der Waals surface area (Å²) in [4.78, 5) is 27.8. The molecule has 1 N–H and O–H groups in total. The second kappa shape index (κ2) is 7.13. The van der Waals surface area contributed by atoms with Crippen LogP contribution in [0.25, 0.3) is 0 Å². The Bertz CT molecular complexity index is 742. The lowest BCUT2D eigenvalue weighted by atomic mass is 9.98. The zero-order valence-corrected chi connectivity index (χ0v) is 14.2. The Hall–Kier alpha value is -2.21. The molecule has 2 heterocycles. The fourth-order valence-electron chi connectivity index (χ4n) is 3.10. The van der Waals surface area contributed by atoms with E-state index in [-0.39, 0.29) is 24.4 Å². The Kier molecular flexibility index (Phi) is 4.94. The number of thiophene rings is 1. The van der Waals surface area contributed by atoms with E-state index in [0.717, 1.165) is 12.8 Å². The highest BCUT2D eigenvalue weighted by molar-refractivity contribution is 7.10. The van der Waals surface area contributed by atoms with Gasteiger partial charge in [-0.3, -0.25) is 9.59 Å². The van der Waals surface area contributed by atoms with E-state index >= 15 is 0 Å². The zero-order valence-electron chi connectivity index (χ0n) is 13.4. The molecule has 0 saturated heterocycles. The second-order valence-electron chi connectivity index (χ2n) is 5.75. The van der Waals surface area contributed by atoms with Crippen LogP contribution in [0.2, 0.25) is 0 Å². The molecule has 1 aromatic carbocycles. The highest BCUT2D eigenvalue weighted by Gasteiger charge is 2.30. The fourth-order valence-corrected chi connectivity index (χ4v) is 4.02. The van der Waals surface area contributed by atoms with Gasteiger partial charge in [0.1, 0.15) is 5.82 Å². The van der Waals surface area contributed by atoms with Gasteiger partial charge in [0.2, 0.25) is 5.91 Å². The Morgan fingerprint density at radius 3 is 2.75 bits per heavy atom. The number of hydrogen-bond donors (Lipinski definition) is 1. The van der Waals surface area contributed by atoms with Crippen molar-refractivity contribution in [3.8, 4) is 0 Å². The predicted molar refractivity (Wildman–Crippen MR) is 91.5 cm³/mol. The minimum absolute atomic E-state index is 0.0494. The first kappa shape index (κ1) is 16.6. The molecule has 1 atom stereocenters. The maximum Gasteiger partial charge on any atom is 0.251 e. The third-order valence-electron chi connectivity index (χ3n) is 4.31. The highest BCUT2D eigenvalue weighted by atomic mass is 32.1. The van der Waals surface area contributed by atoms with Gasteiger partial charge in [0.25, 0.3) is 5.91 Å². The third kappa shape index (κ3) is 3.33. The molecule has 0 bridgehead atoms. The third-order valence-corrected chi connectivity index (χ3v) is 5.30. The van der Waals surface area contributed by atoms with Crippen molar-refractivity contribution in [3.05, 3.63) is 57.5 Å². The monoisotopic (exact) mass is 346 g/mol. The van der Waals surface area contributed by atoms with Crippen LogP contribution in [0.4, 0.5) is 4.39 Å². The summed E-state index contributed by atoms with van der Waals surface area (Å²) in [5.74, 6) is -0.855. The molecule has 2 aromatic rings. The minimum Gasteiger partial charge on any atom is -0.343 e. The first-order chi connectivity index (χ1) is 11.6. The van der Waals surface area contributed by atoms with E-state index in [1.165, 1.54) is 34.7 Å². The molecule has 2 amide bonds. The van der Waals surface area contributed by atoms with Gasteiger partial charge in [0.05, 0.1) is 12.6 Å². The lowest BCUT2D eigenvalue weighted by Gasteiger charge is -2.35. The maximum absolute atomic E-state index is 12.9. The number of rotatable bonds is 4. The molecule has 1 aliphatic rings. The Morgan fingerprint density at radius 2 is 2.04 bits per heavy atom. The summed E-state index contributed by atoms with van der Waals surface area (Å²) < 4.78 is 12.9. The summed E-state index contributed by atoms with van der Waals surface area (Å²) in [6.07, 6.45) is 1.71. The molecule has 126 valence electrons. The van der Waals surface area contributed by atoms with Gasteiger partial charge in [0, 0.05) is 17.0 Å². The second-order valence-corrected chi connectivity index (χ2v) is 6.75. The van der Waals surface area contributed by atoms with Gasteiger partial charge in [-0.2, -0.15) is 0 Å². The van der Waals surface area contributed by atoms with Crippen molar-refractivity contribution in [3.63, 3.8) is 0 Å². The van der Waals surface area contributed by atoms with Crippen LogP contribution in [0.3, 0.4) is 0 Å². The number of hydrogen-bond acceptors (Lipinski definition) is 3. The van der Waals surface area contributed by atoms with Crippen molar-refractivity contribution < 1.29 is 14.0 Å². The first-order valence-electron chi connectivity index (χ1n) is 7.99. The summed E-state index contributed by atoms with van der Waals surface area (Å²) in [6.45, 7) is 2.69. The summed E-state index contributed by atoms with van der Waals surface area (Å²) >= 11 is 1.74. The quantitative estimate of drug-likeness (QED) is 0.924. The molecule has 0 spiro atoms. The van der Waals surface area contributed by atoms with E-state index in [1.54, 1.807) is 11.3 Å². The molecule has 6 heteroatoms. The first-order valence-corrected chi connectivity index (χ1v) is 8.87. The smallest absolute Gasteiger partial charge is 0.251 e. The van der Waals surface area contributed by atoms with Gasteiger partial charge in [-0.25, -0.2) is 4.39 Å². The van der Waals surface area contributed by atoms with Crippen molar-refractivity contribution in [2.75, 3.05) is 13.1 Å². The summed E-state index contributed by atoms with van der Waals surface area (Å²) in [7, 11) is 0. The fraction of sp³-hybridized carbons (Fsp3) is 0.333. The molecule has 1 aromatic heterocycles. The SMILES string of the molecule is CC[C@H]1c2ccsc2CCN1C(=O)CNC(=O)c1ccc(F)cc1. The van der Waals surface area contributed by atoms with Gasteiger partial charge >= 0.3 is 0 Å². The zero-order chi connectivity index (χ0) is 17.1. The van der Waals surface area contributed by atoms with E-state index in [0.29, 0.717) is 12.1 Å². The van der Waals surface area contributed by atoms with E-state index in [2.05, 4.69) is 23.7 Å². The number of nitrogens with one attached hydrogen (secondary N) is 1. The number of nitrogens with zero attached hydrogens (tertiary/aromatic N) is 1. The van der Waals surface area contributed by atoms with Crippen molar-refractivity contribution >= 4 is 23.2 Å². The molecule has 0 unspecified atom stereocenters. The van der Waals surface area contributed by atoms with Crippen molar-refractivity contribution in [2.45, 2.75) is 25.8 Å². The highest BCUT2D eigenvalue weighted by Crippen LogP contribution is 2.35. The summed E-state index contributed by atoms with van der Waals surface area (Å²) in [5, 5.41) is 4.70. The molecular formula is C18H19FN2O2S. The molecular weight excluding hydrogens is 327 g/mol. The summed E-state index contributed by atoms with van der Waals surface area (Å²) in [6, 6.07) is 7.43. The Morgan fingerprint density at radius 1 is 1.29 bits per heavy atom. The molecule has 4 nitrogen and oxygen atoms in total. The predicted octanol–water partition coefficient (Wildman–Crippen LogP) is 3.15. The number of carbonyl (C=O) groups is 2. The van der Waals surface area contributed by atoms with Gasteiger partial charge in [-0.15, -0.1) is 11.3 Å². The maximum atomic E-state index is 12.9. The molecule has 3 rings (SSSR count). The molecule has 24 heavy (non-hydrogen) atoms. The van der Waals surface area contributed by atoms with Crippen LogP contribution in [-0.2, 0) is 11.2 Å². The standard InChI is InChI=1S/C18H19FN2O2S/c1-2-15-14-8-10-24-16(14)7-9-21(15)17(22)11-20-18(23)12-3-5-13(19)6-4-12/h3-6,8,10,15H,2,7,9,11H2,1H3,(H,20,23)/t15-/m0/s1. The van der Waals surface area contributed by atoms with Gasteiger partial charge < -0.3 is 10.2 Å². The average molecular weight is 346 g/mol. The van der Waals surface area contributed by atoms with Crippen molar-refractivity contribution in [1.29, 1.82) is 0 Å². The Labute approximate surface area is 144 Å². The topological polar surface area (TPSA) is 49.4 Å².